The normalized spacial score (nSPS) is 11.8. The van der Waals surface area contributed by atoms with Crippen LogP contribution in [0.1, 0.15) is 26.8 Å². The number of carbonyl (C=O) groups excluding carboxylic acids is 1. The zero-order chi connectivity index (χ0) is 23.4. The molecular weight excluding hydrogens is 440 g/mol. The highest BCUT2D eigenvalue weighted by atomic mass is 32.1. The van der Waals surface area contributed by atoms with Gasteiger partial charge in [0.25, 0.3) is 11.5 Å². The van der Waals surface area contributed by atoms with Crippen molar-refractivity contribution < 1.29 is 14.3 Å². The molecule has 2 aromatic carbocycles. The van der Waals surface area contributed by atoms with Crippen LogP contribution in [0.25, 0.3) is 21.5 Å². The molecule has 0 saturated carbocycles. The molecule has 0 aliphatic carbocycles. The molecule has 1 atom stereocenters. The molecule has 1 N–H and O–H groups in total. The third-order valence-corrected chi connectivity index (χ3v) is 5.87. The minimum atomic E-state index is -0.828. The summed E-state index contributed by atoms with van der Waals surface area (Å²) in [6.45, 7) is 6.63. The summed E-state index contributed by atoms with van der Waals surface area (Å²) in [6, 6.07) is 15.2. The van der Waals surface area contributed by atoms with E-state index < -0.39 is 6.04 Å². The molecule has 1 unspecified atom stereocenters. The lowest BCUT2D eigenvalue weighted by Gasteiger charge is -2.14. The lowest BCUT2D eigenvalue weighted by atomic mass is 10.1. The van der Waals surface area contributed by atoms with Crippen LogP contribution in [0.3, 0.4) is 0 Å². The molecule has 9 heteroatoms. The Hall–Kier alpha value is -3.72. The molecule has 0 bridgehead atoms. The molecular formula is C24H24N4O4S. The summed E-state index contributed by atoms with van der Waals surface area (Å²) in [5.74, 6) is 1.13. The van der Waals surface area contributed by atoms with Crippen molar-refractivity contribution in [2.24, 2.45) is 0 Å². The highest BCUT2D eigenvalue weighted by molar-refractivity contribution is 7.22. The van der Waals surface area contributed by atoms with Gasteiger partial charge in [0.1, 0.15) is 17.5 Å². The average molecular weight is 465 g/mol. The number of rotatable bonds is 8. The maximum absolute atomic E-state index is 12.9. The molecule has 2 heterocycles. The number of fused-ring (bicyclic) bond motifs is 1. The predicted octanol–water partition coefficient (Wildman–Crippen LogP) is 4.52. The zero-order valence-corrected chi connectivity index (χ0v) is 19.4. The van der Waals surface area contributed by atoms with Crippen LogP contribution in [0.4, 0.5) is 5.13 Å². The van der Waals surface area contributed by atoms with Gasteiger partial charge in [-0.05, 0) is 69.3 Å². The van der Waals surface area contributed by atoms with Crippen molar-refractivity contribution in [1.82, 2.24) is 14.8 Å². The number of amides is 1. The Morgan fingerprint density at radius 1 is 1.03 bits per heavy atom. The van der Waals surface area contributed by atoms with Crippen molar-refractivity contribution in [2.45, 2.75) is 26.8 Å². The minimum Gasteiger partial charge on any atom is -0.494 e. The second kappa shape index (κ2) is 9.83. The largest absolute Gasteiger partial charge is 0.494 e. The van der Waals surface area contributed by atoms with E-state index in [2.05, 4.69) is 15.4 Å². The fourth-order valence-corrected chi connectivity index (χ4v) is 4.18. The van der Waals surface area contributed by atoms with E-state index in [1.165, 1.54) is 22.1 Å². The van der Waals surface area contributed by atoms with Gasteiger partial charge in [-0.2, -0.15) is 5.10 Å². The van der Waals surface area contributed by atoms with Gasteiger partial charge in [-0.25, -0.2) is 9.67 Å². The van der Waals surface area contributed by atoms with Crippen LogP contribution >= 0.6 is 11.3 Å². The monoisotopic (exact) mass is 464 g/mol. The minimum absolute atomic E-state index is 0.363. The molecule has 0 saturated heterocycles. The van der Waals surface area contributed by atoms with E-state index in [1.54, 1.807) is 13.0 Å². The topological polar surface area (TPSA) is 95.3 Å². The molecule has 0 aliphatic rings. The van der Waals surface area contributed by atoms with Crippen molar-refractivity contribution in [3.63, 3.8) is 0 Å². The van der Waals surface area contributed by atoms with Crippen LogP contribution < -0.4 is 20.3 Å². The number of anilines is 1. The predicted molar refractivity (Wildman–Crippen MR) is 129 cm³/mol. The summed E-state index contributed by atoms with van der Waals surface area (Å²) in [7, 11) is 0. The second-order valence-electron chi connectivity index (χ2n) is 7.21. The Balaban J connectivity index is 1.54. The van der Waals surface area contributed by atoms with Crippen molar-refractivity contribution >= 4 is 32.6 Å². The third kappa shape index (κ3) is 5.04. The van der Waals surface area contributed by atoms with E-state index >= 15 is 0 Å². The van der Waals surface area contributed by atoms with E-state index in [-0.39, 0.29) is 11.5 Å². The standard InChI is InChI=1S/C24H24N4O4S/c1-4-31-17-8-6-16(7-9-17)19-12-13-22(29)28(27-19)15(3)23(30)26-24-25-20-11-10-18(32-5-2)14-21(20)33-24/h6-15H,4-5H2,1-3H3,(H,25,26,30). The number of nitrogens with one attached hydrogen (secondary N) is 1. The highest BCUT2D eigenvalue weighted by Gasteiger charge is 2.20. The molecule has 4 aromatic rings. The van der Waals surface area contributed by atoms with Gasteiger partial charge in [0.05, 0.1) is 29.1 Å². The number of benzene rings is 2. The molecule has 1 amide bonds. The van der Waals surface area contributed by atoms with Gasteiger partial charge in [-0.3, -0.25) is 9.59 Å². The lowest BCUT2D eigenvalue weighted by molar-refractivity contribution is -0.119. The summed E-state index contributed by atoms with van der Waals surface area (Å²) in [5, 5.41) is 7.68. The van der Waals surface area contributed by atoms with Gasteiger partial charge >= 0.3 is 0 Å². The Kier molecular flexibility index (Phi) is 6.69. The second-order valence-corrected chi connectivity index (χ2v) is 8.24. The first-order valence-corrected chi connectivity index (χ1v) is 11.5. The fourth-order valence-electron chi connectivity index (χ4n) is 3.28. The quantitative estimate of drug-likeness (QED) is 0.412. The summed E-state index contributed by atoms with van der Waals surface area (Å²) in [4.78, 5) is 29.8. The maximum atomic E-state index is 12.9. The number of carbonyl (C=O) groups is 1. The molecule has 170 valence electrons. The van der Waals surface area contributed by atoms with Gasteiger partial charge in [0.15, 0.2) is 5.13 Å². The fraction of sp³-hybridized carbons (Fsp3) is 0.250. The van der Waals surface area contributed by atoms with E-state index in [0.29, 0.717) is 24.0 Å². The van der Waals surface area contributed by atoms with Gasteiger partial charge in [0.2, 0.25) is 0 Å². The average Bonchev–Trinajstić information content (AvgIpc) is 3.21. The van der Waals surface area contributed by atoms with Crippen molar-refractivity contribution in [3.8, 4) is 22.8 Å². The highest BCUT2D eigenvalue weighted by Crippen LogP contribution is 2.29. The van der Waals surface area contributed by atoms with Gasteiger partial charge in [0, 0.05) is 11.6 Å². The maximum Gasteiger partial charge on any atom is 0.267 e. The Bertz CT molecular complexity index is 1330. The van der Waals surface area contributed by atoms with Crippen molar-refractivity contribution in [3.05, 3.63) is 65.0 Å². The number of ether oxygens (including phenoxy) is 2. The zero-order valence-electron chi connectivity index (χ0n) is 18.6. The molecule has 4 rings (SSSR count). The molecule has 0 radical (unpaired) electrons. The smallest absolute Gasteiger partial charge is 0.267 e. The SMILES string of the molecule is CCOc1ccc(-c2ccc(=O)n(C(C)C(=O)Nc3nc4ccc(OCC)cc4s3)n2)cc1. The summed E-state index contributed by atoms with van der Waals surface area (Å²) in [6.07, 6.45) is 0. The Labute approximate surface area is 194 Å². The number of hydrogen-bond acceptors (Lipinski definition) is 7. The summed E-state index contributed by atoms with van der Waals surface area (Å²) < 4.78 is 13.1. The summed E-state index contributed by atoms with van der Waals surface area (Å²) in [5.41, 5.74) is 1.80. The first-order chi connectivity index (χ1) is 16.0. The first kappa shape index (κ1) is 22.5. The Morgan fingerprint density at radius 2 is 1.73 bits per heavy atom. The van der Waals surface area contributed by atoms with Crippen LogP contribution in [0.15, 0.2) is 59.4 Å². The number of aromatic nitrogens is 3. The number of nitrogens with zero attached hydrogens (tertiary/aromatic N) is 3. The van der Waals surface area contributed by atoms with E-state index in [0.717, 1.165) is 27.3 Å². The number of thiazole rings is 1. The van der Waals surface area contributed by atoms with Crippen LogP contribution in [0, 0.1) is 0 Å². The molecule has 0 fully saturated rings. The van der Waals surface area contributed by atoms with Gasteiger partial charge in [-0.1, -0.05) is 11.3 Å². The molecule has 33 heavy (non-hydrogen) atoms. The van der Waals surface area contributed by atoms with E-state index in [9.17, 15) is 9.59 Å². The summed E-state index contributed by atoms with van der Waals surface area (Å²) >= 11 is 1.35. The van der Waals surface area contributed by atoms with Crippen molar-refractivity contribution in [1.29, 1.82) is 0 Å². The number of hydrogen-bond donors (Lipinski definition) is 1. The molecule has 2 aromatic heterocycles. The molecule has 0 aliphatic heterocycles. The van der Waals surface area contributed by atoms with E-state index in [1.807, 2.05) is 56.3 Å². The van der Waals surface area contributed by atoms with Crippen LogP contribution in [0.5, 0.6) is 11.5 Å². The Morgan fingerprint density at radius 3 is 2.45 bits per heavy atom. The van der Waals surface area contributed by atoms with Gasteiger partial charge in [-0.15, -0.1) is 0 Å². The van der Waals surface area contributed by atoms with Crippen molar-refractivity contribution in [2.75, 3.05) is 18.5 Å². The molecule has 0 spiro atoms. The molecule has 8 nitrogen and oxygen atoms in total. The van der Waals surface area contributed by atoms with E-state index in [4.69, 9.17) is 9.47 Å². The lowest BCUT2D eigenvalue weighted by Crippen LogP contribution is -2.33. The third-order valence-electron chi connectivity index (χ3n) is 4.93. The van der Waals surface area contributed by atoms with Gasteiger partial charge < -0.3 is 14.8 Å². The van der Waals surface area contributed by atoms with Crippen LogP contribution in [-0.2, 0) is 4.79 Å². The first-order valence-electron chi connectivity index (χ1n) is 10.7. The van der Waals surface area contributed by atoms with Crippen LogP contribution in [0.2, 0.25) is 0 Å². The van der Waals surface area contributed by atoms with Crippen LogP contribution in [-0.4, -0.2) is 33.9 Å².